The van der Waals surface area contributed by atoms with Crippen LogP contribution in [0.5, 0.6) is 5.75 Å². The molecule has 2 aromatic carbocycles. The van der Waals surface area contributed by atoms with Crippen LogP contribution in [0.15, 0.2) is 42.5 Å². The zero-order valence-corrected chi connectivity index (χ0v) is 14.2. The summed E-state index contributed by atoms with van der Waals surface area (Å²) in [6.45, 7) is 2.60. The highest BCUT2D eigenvalue weighted by molar-refractivity contribution is 6.03. The molecule has 0 aromatic heterocycles. The second kappa shape index (κ2) is 7.51. The smallest absolute Gasteiger partial charge is 0.229 e. The molecule has 0 spiro atoms. The number of benzene rings is 2. The Kier molecular flexibility index (Phi) is 5.16. The zero-order chi connectivity index (χ0) is 18.7. The van der Waals surface area contributed by atoms with E-state index in [-0.39, 0.29) is 24.6 Å². The fourth-order valence-electron chi connectivity index (χ4n) is 2.85. The van der Waals surface area contributed by atoms with E-state index in [1.165, 1.54) is 4.90 Å². The summed E-state index contributed by atoms with van der Waals surface area (Å²) in [4.78, 5) is 26.1. The highest BCUT2D eigenvalue weighted by Crippen LogP contribution is 2.28. The maximum absolute atomic E-state index is 13.7. The lowest BCUT2D eigenvalue weighted by molar-refractivity contribution is -0.122. The largest absolute Gasteiger partial charge is 0.494 e. The molecule has 3 rings (SSSR count). The van der Waals surface area contributed by atoms with Crippen LogP contribution >= 0.6 is 0 Å². The molecular formula is C19H18F2N2O3. The van der Waals surface area contributed by atoms with Crippen molar-refractivity contribution in [3.8, 4) is 5.75 Å². The van der Waals surface area contributed by atoms with Crippen molar-refractivity contribution >= 4 is 23.2 Å². The molecule has 5 nitrogen and oxygen atoms in total. The van der Waals surface area contributed by atoms with Crippen LogP contribution in [0.3, 0.4) is 0 Å². The second-order valence-corrected chi connectivity index (χ2v) is 5.95. The van der Waals surface area contributed by atoms with Gasteiger partial charge in [-0.05, 0) is 43.3 Å². The van der Waals surface area contributed by atoms with Crippen molar-refractivity contribution in [3.05, 3.63) is 54.1 Å². The van der Waals surface area contributed by atoms with Gasteiger partial charge in [-0.3, -0.25) is 9.59 Å². The van der Waals surface area contributed by atoms with E-state index in [4.69, 9.17) is 4.74 Å². The van der Waals surface area contributed by atoms with Gasteiger partial charge in [0.2, 0.25) is 11.8 Å². The number of anilines is 2. The highest BCUT2D eigenvalue weighted by atomic mass is 19.1. The van der Waals surface area contributed by atoms with Crippen LogP contribution < -0.4 is 15.0 Å². The van der Waals surface area contributed by atoms with E-state index in [2.05, 4.69) is 5.32 Å². The molecule has 136 valence electrons. The van der Waals surface area contributed by atoms with Gasteiger partial charge in [0.15, 0.2) is 0 Å². The number of ether oxygens (including phenoxy) is 1. The molecule has 1 aliphatic rings. The third-order valence-electron chi connectivity index (χ3n) is 4.14. The summed E-state index contributed by atoms with van der Waals surface area (Å²) in [5.41, 5.74) is 0.424. The van der Waals surface area contributed by atoms with E-state index < -0.39 is 23.5 Å². The van der Waals surface area contributed by atoms with Crippen LogP contribution in [0, 0.1) is 17.6 Å². The van der Waals surface area contributed by atoms with Crippen LogP contribution in [0.4, 0.5) is 20.2 Å². The van der Waals surface area contributed by atoms with Gasteiger partial charge >= 0.3 is 0 Å². The molecule has 1 atom stereocenters. The maximum atomic E-state index is 13.7. The summed E-state index contributed by atoms with van der Waals surface area (Å²) in [6.07, 6.45) is 0.00990. The van der Waals surface area contributed by atoms with E-state index in [9.17, 15) is 18.4 Å². The third-order valence-corrected chi connectivity index (χ3v) is 4.14. The summed E-state index contributed by atoms with van der Waals surface area (Å²) in [6, 6.07) is 9.82. The number of carbonyl (C=O) groups excluding carboxylic acids is 2. The van der Waals surface area contributed by atoms with Gasteiger partial charge in [-0.1, -0.05) is 0 Å². The number of nitrogens with zero attached hydrogens (tertiary/aromatic N) is 1. The minimum Gasteiger partial charge on any atom is -0.494 e. The van der Waals surface area contributed by atoms with Gasteiger partial charge in [0.1, 0.15) is 17.4 Å². The normalized spacial score (nSPS) is 16.7. The molecule has 0 aliphatic carbocycles. The Morgan fingerprint density at radius 2 is 1.96 bits per heavy atom. The lowest BCUT2D eigenvalue weighted by Crippen LogP contribution is -2.28. The Balaban J connectivity index is 1.68. The topological polar surface area (TPSA) is 58.6 Å². The molecule has 1 heterocycles. The van der Waals surface area contributed by atoms with Crippen LogP contribution in [0.1, 0.15) is 13.3 Å². The Bertz CT molecular complexity index is 824. The number of hydrogen-bond acceptors (Lipinski definition) is 3. The fraction of sp³-hybridized carbons (Fsp3) is 0.263. The van der Waals surface area contributed by atoms with Crippen molar-refractivity contribution in [2.24, 2.45) is 5.92 Å². The lowest BCUT2D eigenvalue weighted by Gasteiger charge is -2.17. The predicted octanol–water partition coefficient (Wildman–Crippen LogP) is 3.36. The molecule has 26 heavy (non-hydrogen) atoms. The van der Waals surface area contributed by atoms with E-state index >= 15 is 0 Å². The number of amides is 2. The number of halogens is 2. The average molecular weight is 360 g/mol. The third kappa shape index (κ3) is 3.82. The molecule has 7 heteroatoms. The maximum Gasteiger partial charge on any atom is 0.229 e. The van der Waals surface area contributed by atoms with E-state index in [0.29, 0.717) is 18.0 Å². The lowest BCUT2D eigenvalue weighted by atomic mass is 10.1. The van der Waals surface area contributed by atoms with Crippen LogP contribution in [0.2, 0.25) is 0 Å². The minimum absolute atomic E-state index is 0.00990. The van der Waals surface area contributed by atoms with Crippen LogP contribution in [-0.2, 0) is 9.59 Å². The van der Waals surface area contributed by atoms with Gasteiger partial charge in [0.25, 0.3) is 0 Å². The van der Waals surface area contributed by atoms with Gasteiger partial charge in [-0.15, -0.1) is 0 Å². The quantitative estimate of drug-likeness (QED) is 0.890. The Morgan fingerprint density at radius 1 is 1.23 bits per heavy atom. The van der Waals surface area contributed by atoms with Crippen LogP contribution in [-0.4, -0.2) is 25.0 Å². The molecule has 0 saturated carbocycles. The monoisotopic (exact) mass is 360 g/mol. The number of hydrogen-bond donors (Lipinski definition) is 1. The fourth-order valence-corrected chi connectivity index (χ4v) is 2.85. The summed E-state index contributed by atoms with van der Waals surface area (Å²) in [5.74, 6) is -2.05. The van der Waals surface area contributed by atoms with Gasteiger partial charge in [0.05, 0.1) is 18.2 Å². The van der Waals surface area contributed by atoms with Gasteiger partial charge in [-0.25, -0.2) is 8.78 Å². The number of nitrogens with one attached hydrogen (secondary N) is 1. The molecule has 1 aliphatic heterocycles. The molecule has 1 unspecified atom stereocenters. The molecule has 1 saturated heterocycles. The number of carbonyl (C=O) groups is 2. The van der Waals surface area contributed by atoms with Crippen molar-refractivity contribution in [2.45, 2.75) is 13.3 Å². The van der Waals surface area contributed by atoms with E-state index in [0.717, 1.165) is 18.2 Å². The predicted molar refractivity (Wildman–Crippen MR) is 93.1 cm³/mol. The Labute approximate surface area is 149 Å². The van der Waals surface area contributed by atoms with Crippen molar-refractivity contribution in [1.29, 1.82) is 0 Å². The van der Waals surface area contributed by atoms with Crippen molar-refractivity contribution in [2.75, 3.05) is 23.4 Å². The first-order valence-corrected chi connectivity index (χ1v) is 8.27. The Hall–Kier alpha value is -2.96. The summed E-state index contributed by atoms with van der Waals surface area (Å²) in [5, 5.41) is 2.36. The van der Waals surface area contributed by atoms with Crippen molar-refractivity contribution in [1.82, 2.24) is 0 Å². The molecule has 1 N–H and O–H groups in total. The molecule has 2 aromatic rings. The SMILES string of the molecule is CCOc1ccc(N2CC(C(=O)Nc3cc(F)ccc3F)CC2=O)cc1. The molecule has 1 fully saturated rings. The van der Waals surface area contributed by atoms with Crippen LogP contribution in [0.25, 0.3) is 0 Å². The standard InChI is InChI=1S/C19H18F2N2O3/c1-2-26-15-6-4-14(5-7-15)23-11-12(9-18(23)24)19(25)22-17-10-13(20)3-8-16(17)21/h3-8,10,12H,2,9,11H2,1H3,(H,22,25). The zero-order valence-electron chi connectivity index (χ0n) is 14.2. The average Bonchev–Trinajstić information content (AvgIpc) is 3.01. The van der Waals surface area contributed by atoms with E-state index in [1.54, 1.807) is 24.3 Å². The summed E-state index contributed by atoms with van der Waals surface area (Å²) >= 11 is 0. The number of rotatable bonds is 5. The van der Waals surface area contributed by atoms with Crippen molar-refractivity contribution in [3.63, 3.8) is 0 Å². The Morgan fingerprint density at radius 3 is 2.65 bits per heavy atom. The summed E-state index contributed by atoms with van der Waals surface area (Å²) in [7, 11) is 0. The first kappa shape index (κ1) is 17.8. The second-order valence-electron chi connectivity index (χ2n) is 5.95. The first-order chi connectivity index (χ1) is 12.5. The van der Waals surface area contributed by atoms with Gasteiger partial charge in [0, 0.05) is 24.7 Å². The van der Waals surface area contributed by atoms with E-state index in [1.807, 2.05) is 6.92 Å². The molecule has 0 radical (unpaired) electrons. The highest BCUT2D eigenvalue weighted by Gasteiger charge is 2.35. The van der Waals surface area contributed by atoms with Crippen molar-refractivity contribution < 1.29 is 23.1 Å². The summed E-state index contributed by atoms with van der Waals surface area (Å²) < 4.78 is 32.2. The van der Waals surface area contributed by atoms with Gasteiger partial charge in [-0.2, -0.15) is 0 Å². The molecule has 0 bridgehead atoms. The van der Waals surface area contributed by atoms with Gasteiger partial charge < -0.3 is 15.0 Å². The minimum atomic E-state index is -0.729. The molecule has 2 amide bonds. The first-order valence-electron chi connectivity index (χ1n) is 8.27. The molecular weight excluding hydrogens is 342 g/mol.